The van der Waals surface area contributed by atoms with Crippen LogP contribution in [0.15, 0.2) is 18.2 Å². The van der Waals surface area contributed by atoms with Gasteiger partial charge in [0, 0.05) is 24.9 Å². The molecular formula is C19H26N2O3. The van der Waals surface area contributed by atoms with Crippen molar-refractivity contribution in [3.8, 4) is 5.75 Å². The van der Waals surface area contributed by atoms with Crippen LogP contribution in [0.25, 0.3) is 0 Å². The van der Waals surface area contributed by atoms with E-state index in [4.69, 9.17) is 0 Å². The molecule has 2 aliphatic rings. The van der Waals surface area contributed by atoms with E-state index in [1.807, 2.05) is 11.8 Å². The number of nitrogens with zero attached hydrogens (tertiary/aromatic N) is 1. The number of aryl methyl sites for hydroxylation is 1. The Morgan fingerprint density at radius 3 is 2.46 bits per heavy atom. The smallest absolute Gasteiger partial charge is 0.228 e. The highest BCUT2D eigenvalue weighted by Crippen LogP contribution is 2.34. The number of nitrogens with one attached hydrogen (secondary N) is 1. The average molecular weight is 330 g/mol. The van der Waals surface area contributed by atoms with Gasteiger partial charge in [0.1, 0.15) is 5.75 Å². The lowest BCUT2D eigenvalue weighted by atomic mass is 9.77. The maximum Gasteiger partial charge on any atom is 0.228 e. The minimum atomic E-state index is -0.299. The van der Waals surface area contributed by atoms with Gasteiger partial charge in [-0.1, -0.05) is 18.9 Å². The molecule has 1 aliphatic heterocycles. The molecule has 0 unspecified atom stereocenters. The third kappa shape index (κ3) is 3.55. The molecule has 0 radical (unpaired) electrons. The Morgan fingerprint density at radius 2 is 1.75 bits per heavy atom. The van der Waals surface area contributed by atoms with E-state index in [1.54, 1.807) is 18.2 Å². The number of hydrogen-bond acceptors (Lipinski definition) is 3. The molecule has 5 nitrogen and oxygen atoms in total. The topological polar surface area (TPSA) is 69.6 Å². The molecule has 2 fully saturated rings. The van der Waals surface area contributed by atoms with Gasteiger partial charge < -0.3 is 15.3 Å². The Balaban J connectivity index is 1.73. The second-order valence-electron chi connectivity index (χ2n) is 7.04. The monoisotopic (exact) mass is 330 g/mol. The first kappa shape index (κ1) is 16.8. The van der Waals surface area contributed by atoms with Crippen molar-refractivity contribution in [3.05, 3.63) is 23.8 Å². The maximum absolute atomic E-state index is 12.8. The standard InChI is InChI=1S/C19H26N2O3/c1-13-8-9-17(22)16(12-13)20-18(23)14-6-2-3-7-15(14)19(24)21-10-4-5-11-21/h8-9,12,14-15,22H,2-7,10-11H2,1H3,(H,20,23)/t14-,15-/m1/s1. The molecule has 1 aliphatic carbocycles. The van der Waals surface area contributed by atoms with Crippen LogP contribution >= 0.6 is 0 Å². The number of carbonyl (C=O) groups is 2. The minimum Gasteiger partial charge on any atom is -0.506 e. The summed E-state index contributed by atoms with van der Waals surface area (Å²) in [5, 5.41) is 12.8. The molecule has 1 saturated heterocycles. The fraction of sp³-hybridized carbons (Fsp3) is 0.579. The second kappa shape index (κ2) is 7.24. The Labute approximate surface area is 143 Å². The molecule has 0 spiro atoms. The van der Waals surface area contributed by atoms with E-state index in [9.17, 15) is 14.7 Å². The maximum atomic E-state index is 12.8. The third-order valence-corrected chi connectivity index (χ3v) is 5.25. The zero-order valence-electron chi connectivity index (χ0n) is 14.3. The Morgan fingerprint density at radius 1 is 1.08 bits per heavy atom. The quantitative estimate of drug-likeness (QED) is 0.837. The molecule has 1 aromatic rings. The molecule has 24 heavy (non-hydrogen) atoms. The highest BCUT2D eigenvalue weighted by molar-refractivity contribution is 5.97. The SMILES string of the molecule is Cc1ccc(O)c(NC(=O)[C@@H]2CCCC[C@H]2C(=O)N2CCCC2)c1. The summed E-state index contributed by atoms with van der Waals surface area (Å²) in [5.41, 5.74) is 1.40. The predicted molar refractivity (Wildman–Crippen MR) is 92.7 cm³/mol. The summed E-state index contributed by atoms with van der Waals surface area (Å²) in [6.45, 7) is 3.56. The molecule has 2 atom stereocenters. The predicted octanol–water partition coefficient (Wildman–Crippen LogP) is 3.07. The van der Waals surface area contributed by atoms with Crippen molar-refractivity contribution in [2.75, 3.05) is 18.4 Å². The lowest BCUT2D eigenvalue weighted by Crippen LogP contribution is -2.42. The third-order valence-electron chi connectivity index (χ3n) is 5.25. The number of likely N-dealkylation sites (tertiary alicyclic amines) is 1. The summed E-state index contributed by atoms with van der Waals surface area (Å²) in [6, 6.07) is 5.14. The van der Waals surface area contributed by atoms with Gasteiger partial charge in [-0.05, 0) is 50.3 Å². The number of hydrogen-bond donors (Lipinski definition) is 2. The van der Waals surface area contributed by atoms with E-state index in [2.05, 4.69) is 5.32 Å². The second-order valence-corrected chi connectivity index (χ2v) is 7.04. The zero-order chi connectivity index (χ0) is 17.1. The number of aromatic hydroxyl groups is 1. The first-order valence-electron chi connectivity index (χ1n) is 8.95. The van der Waals surface area contributed by atoms with Crippen molar-refractivity contribution >= 4 is 17.5 Å². The average Bonchev–Trinajstić information content (AvgIpc) is 3.12. The number of carbonyl (C=O) groups excluding carboxylic acids is 2. The summed E-state index contributed by atoms with van der Waals surface area (Å²) in [6.07, 6.45) is 5.63. The van der Waals surface area contributed by atoms with Crippen molar-refractivity contribution in [2.24, 2.45) is 11.8 Å². The van der Waals surface area contributed by atoms with Crippen molar-refractivity contribution in [2.45, 2.75) is 45.4 Å². The van der Waals surface area contributed by atoms with Crippen LogP contribution in [-0.2, 0) is 9.59 Å². The fourth-order valence-corrected chi connectivity index (χ4v) is 3.89. The van der Waals surface area contributed by atoms with Gasteiger partial charge in [-0.15, -0.1) is 0 Å². The number of phenols is 1. The lowest BCUT2D eigenvalue weighted by molar-refractivity contribution is -0.141. The van der Waals surface area contributed by atoms with E-state index < -0.39 is 0 Å². The molecular weight excluding hydrogens is 304 g/mol. The van der Waals surface area contributed by atoms with Crippen molar-refractivity contribution in [1.82, 2.24) is 4.90 Å². The van der Waals surface area contributed by atoms with Gasteiger partial charge in [0.25, 0.3) is 0 Å². The molecule has 0 bridgehead atoms. The summed E-state index contributed by atoms with van der Waals surface area (Å²) in [5.74, 6) is -0.461. The van der Waals surface area contributed by atoms with Crippen LogP contribution in [0.4, 0.5) is 5.69 Å². The van der Waals surface area contributed by atoms with E-state index in [-0.39, 0.29) is 29.4 Å². The number of anilines is 1. The first-order chi connectivity index (χ1) is 11.6. The molecule has 1 heterocycles. The zero-order valence-corrected chi connectivity index (χ0v) is 14.3. The molecule has 2 N–H and O–H groups in total. The normalized spacial score (nSPS) is 24.0. The van der Waals surface area contributed by atoms with Crippen molar-refractivity contribution < 1.29 is 14.7 Å². The first-order valence-corrected chi connectivity index (χ1v) is 8.95. The molecule has 0 aromatic heterocycles. The van der Waals surface area contributed by atoms with Crippen LogP contribution in [0.3, 0.4) is 0 Å². The van der Waals surface area contributed by atoms with Gasteiger partial charge in [0.2, 0.25) is 11.8 Å². The Hall–Kier alpha value is -2.04. The van der Waals surface area contributed by atoms with Crippen LogP contribution in [0.2, 0.25) is 0 Å². The molecule has 130 valence electrons. The van der Waals surface area contributed by atoms with Crippen LogP contribution in [0, 0.1) is 18.8 Å². The highest BCUT2D eigenvalue weighted by Gasteiger charge is 2.38. The van der Waals surface area contributed by atoms with E-state index >= 15 is 0 Å². The number of phenolic OH excluding ortho intramolecular Hbond substituents is 1. The fourth-order valence-electron chi connectivity index (χ4n) is 3.89. The number of amides is 2. The Bertz CT molecular complexity index is 623. The van der Waals surface area contributed by atoms with Crippen LogP contribution < -0.4 is 5.32 Å². The molecule has 3 rings (SSSR count). The summed E-state index contributed by atoms with van der Waals surface area (Å²) >= 11 is 0. The van der Waals surface area contributed by atoms with Gasteiger partial charge in [-0.25, -0.2) is 0 Å². The van der Waals surface area contributed by atoms with E-state index in [1.165, 1.54) is 0 Å². The van der Waals surface area contributed by atoms with Crippen molar-refractivity contribution in [3.63, 3.8) is 0 Å². The summed E-state index contributed by atoms with van der Waals surface area (Å²) in [4.78, 5) is 27.5. The minimum absolute atomic E-state index is 0.0622. The van der Waals surface area contributed by atoms with Crippen molar-refractivity contribution in [1.29, 1.82) is 0 Å². The van der Waals surface area contributed by atoms with E-state index in [0.717, 1.165) is 57.2 Å². The summed E-state index contributed by atoms with van der Waals surface area (Å²) < 4.78 is 0. The molecule has 2 amide bonds. The highest BCUT2D eigenvalue weighted by atomic mass is 16.3. The lowest BCUT2D eigenvalue weighted by Gasteiger charge is -2.32. The van der Waals surface area contributed by atoms with Gasteiger partial charge in [0.05, 0.1) is 5.69 Å². The number of benzene rings is 1. The van der Waals surface area contributed by atoms with Crippen LogP contribution in [-0.4, -0.2) is 34.9 Å². The van der Waals surface area contributed by atoms with Gasteiger partial charge >= 0.3 is 0 Å². The summed E-state index contributed by atoms with van der Waals surface area (Å²) in [7, 11) is 0. The number of rotatable bonds is 3. The van der Waals surface area contributed by atoms with Gasteiger partial charge in [0.15, 0.2) is 0 Å². The van der Waals surface area contributed by atoms with E-state index in [0.29, 0.717) is 5.69 Å². The molecule has 5 heteroatoms. The van der Waals surface area contributed by atoms with Crippen LogP contribution in [0.1, 0.15) is 44.1 Å². The van der Waals surface area contributed by atoms with Gasteiger partial charge in [-0.2, -0.15) is 0 Å². The molecule has 1 saturated carbocycles. The van der Waals surface area contributed by atoms with Crippen LogP contribution in [0.5, 0.6) is 5.75 Å². The van der Waals surface area contributed by atoms with Gasteiger partial charge in [-0.3, -0.25) is 9.59 Å². The Kier molecular flexibility index (Phi) is 5.07. The molecule has 1 aromatic carbocycles. The largest absolute Gasteiger partial charge is 0.506 e.